The Labute approximate surface area is 136 Å². The highest BCUT2D eigenvalue weighted by Gasteiger charge is 2.11. The average Bonchev–Trinajstić information content (AvgIpc) is 2.55. The van der Waals surface area contributed by atoms with Gasteiger partial charge in [0.2, 0.25) is 0 Å². The summed E-state index contributed by atoms with van der Waals surface area (Å²) in [7, 11) is 0. The van der Waals surface area contributed by atoms with Crippen LogP contribution in [-0.2, 0) is 4.79 Å². The van der Waals surface area contributed by atoms with Gasteiger partial charge in [0.1, 0.15) is 5.75 Å². The maximum Gasteiger partial charge on any atom is 0.310 e. The molecule has 0 unspecified atom stereocenters. The van der Waals surface area contributed by atoms with E-state index in [-0.39, 0.29) is 11.9 Å². The zero-order valence-corrected chi connectivity index (χ0v) is 13.6. The Morgan fingerprint density at radius 1 is 1.04 bits per heavy atom. The molecule has 4 nitrogen and oxygen atoms in total. The molecule has 2 aromatic carbocycles. The summed E-state index contributed by atoms with van der Waals surface area (Å²) < 4.78 is 5.10. The number of hydrogen-bond acceptors (Lipinski definition) is 3. The molecule has 4 heteroatoms. The van der Waals surface area contributed by atoms with Gasteiger partial charge in [0.05, 0.1) is 0 Å². The minimum atomic E-state index is -0.298. The highest BCUT2D eigenvalue weighted by atomic mass is 16.5. The van der Waals surface area contributed by atoms with Gasteiger partial charge in [0.15, 0.2) is 0 Å². The molecule has 0 bridgehead atoms. The molecule has 120 valence electrons. The van der Waals surface area contributed by atoms with Crippen molar-refractivity contribution in [3.8, 4) is 5.75 Å². The lowest BCUT2D eigenvalue weighted by atomic mass is 10.0. The van der Waals surface area contributed by atoms with Gasteiger partial charge in [0, 0.05) is 17.7 Å². The number of anilines is 1. The molecule has 0 aliphatic heterocycles. The Kier molecular flexibility index (Phi) is 5.52. The van der Waals surface area contributed by atoms with E-state index in [9.17, 15) is 9.59 Å². The van der Waals surface area contributed by atoms with E-state index >= 15 is 0 Å². The van der Waals surface area contributed by atoms with E-state index in [1.165, 1.54) is 0 Å². The predicted molar refractivity (Wildman–Crippen MR) is 90.9 cm³/mol. The molecule has 1 amide bonds. The fourth-order valence-electron chi connectivity index (χ4n) is 2.19. The van der Waals surface area contributed by atoms with Crippen LogP contribution in [0.15, 0.2) is 48.5 Å². The predicted octanol–water partition coefficient (Wildman–Crippen LogP) is 4.38. The van der Waals surface area contributed by atoms with Crippen LogP contribution in [0.5, 0.6) is 5.75 Å². The molecule has 0 atom stereocenters. The van der Waals surface area contributed by atoms with Crippen molar-refractivity contribution >= 4 is 17.6 Å². The Bertz CT molecular complexity index is 690. The number of carbonyl (C=O) groups excluding carboxylic acids is 2. The summed E-state index contributed by atoms with van der Waals surface area (Å²) in [5.41, 5.74) is 2.42. The number of benzene rings is 2. The van der Waals surface area contributed by atoms with Crippen molar-refractivity contribution in [3.63, 3.8) is 0 Å². The van der Waals surface area contributed by atoms with Crippen LogP contribution in [0.1, 0.15) is 49.0 Å². The van der Waals surface area contributed by atoms with E-state index in [1.807, 2.05) is 24.3 Å². The van der Waals surface area contributed by atoms with Crippen LogP contribution in [-0.4, -0.2) is 11.9 Å². The number of carbonyl (C=O) groups is 2. The first-order valence-corrected chi connectivity index (χ1v) is 7.72. The monoisotopic (exact) mass is 311 g/mol. The molecule has 2 aromatic rings. The smallest absolute Gasteiger partial charge is 0.310 e. The van der Waals surface area contributed by atoms with Gasteiger partial charge in [-0.2, -0.15) is 0 Å². The van der Waals surface area contributed by atoms with Gasteiger partial charge < -0.3 is 10.1 Å². The molecule has 0 saturated carbocycles. The summed E-state index contributed by atoms with van der Waals surface area (Å²) in [5.74, 6) is 0.276. The summed E-state index contributed by atoms with van der Waals surface area (Å²) in [6, 6.07) is 14.3. The van der Waals surface area contributed by atoms with Gasteiger partial charge >= 0.3 is 5.97 Å². The second-order valence-corrected chi connectivity index (χ2v) is 5.55. The molecule has 1 N–H and O–H groups in total. The van der Waals surface area contributed by atoms with E-state index in [1.54, 1.807) is 31.2 Å². The van der Waals surface area contributed by atoms with Crippen molar-refractivity contribution in [1.82, 2.24) is 0 Å². The lowest BCUT2D eigenvalue weighted by molar-refractivity contribution is -0.134. The summed E-state index contributed by atoms with van der Waals surface area (Å²) >= 11 is 0. The minimum Gasteiger partial charge on any atom is -0.427 e. The second kappa shape index (κ2) is 7.58. The topological polar surface area (TPSA) is 55.4 Å². The molecule has 0 radical (unpaired) electrons. The standard InChI is InChI=1S/C19H21NO3/c1-4-18(21)23-15-11-9-14(10-12-15)19(22)20-17-8-6-5-7-16(17)13(2)3/h5-13H,4H2,1-3H3,(H,20,22). The fourth-order valence-corrected chi connectivity index (χ4v) is 2.19. The molecule has 0 saturated heterocycles. The fraction of sp³-hybridized carbons (Fsp3) is 0.263. The largest absolute Gasteiger partial charge is 0.427 e. The highest BCUT2D eigenvalue weighted by molar-refractivity contribution is 6.04. The van der Waals surface area contributed by atoms with E-state index < -0.39 is 0 Å². The molecule has 23 heavy (non-hydrogen) atoms. The Balaban J connectivity index is 2.11. The van der Waals surface area contributed by atoms with E-state index in [4.69, 9.17) is 4.74 Å². The first-order chi connectivity index (χ1) is 11.0. The third-order valence-electron chi connectivity index (χ3n) is 3.47. The quantitative estimate of drug-likeness (QED) is 0.658. The van der Waals surface area contributed by atoms with Crippen molar-refractivity contribution in [2.24, 2.45) is 0 Å². The number of esters is 1. The van der Waals surface area contributed by atoms with Crippen LogP contribution in [0, 0.1) is 0 Å². The zero-order valence-electron chi connectivity index (χ0n) is 13.6. The van der Waals surface area contributed by atoms with Crippen molar-refractivity contribution in [1.29, 1.82) is 0 Å². The molecular weight excluding hydrogens is 290 g/mol. The third kappa shape index (κ3) is 4.42. The zero-order chi connectivity index (χ0) is 16.8. The van der Waals surface area contributed by atoms with E-state index in [0.29, 0.717) is 23.7 Å². The van der Waals surface area contributed by atoms with Gasteiger partial charge in [-0.3, -0.25) is 9.59 Å². The van der Waals surface area contributed by atoms with E-state index in [0.717, 1.165) is 11.3 Å². The van der Waals surface area contributed by atoms with Crippen molar-refractivity contribution in [3.05, 3.63) is 59.7 Å². The van der Waals surface area contributed by atoms with Crippen LogP contribution >= 0.6 is 0 Å². The molecule has 0 aliphatic rings. The molecule has 0 fully saturated rings. The SMILES string of the molecule is CCC(=O)Oc1ccc(C(=O)Nc2ccccc2C(C)C)cc1. The molecule has 0 spiro atoms. The maximum atomic E-state index is 12.4. The number of para-hydroxylation sites is 1. The molecule has 2 rings (SSSR count). The lowest BCUT2D eigenvalue weighted by Gasteiger charge is -2.13. The highest BCUT2D eigenvalue weighted by Crippen LogP contribution is 2.24. The van der Waals surface area contributed by atoms with Gasteiger partial charge in [-0.05, 0) is 41.8 Å². The maximum absolute atomic E-state index is 12.4. The molecular formula is C19H21NO3. The van der Waals surface area contributed by atoms with Crippen LogP contribution < -0.4 is 10.1 Å². The number of hydrogen-bond donors (Lipinski definition) is 1. The van der Waals surface area contributed by atoms with Crippen molar-refractivity contribution < 1.29 is 14.3 Å². The number of nitrogens with one attached hydrogen (secondary N) is 1. The summed E-state index contributed by atoms with van der Waals surface area (Å²) in [6.45, 7) is 5.90. The molecule has 0 aromatic heterocycles. The third-order valence-corrected chi connectivity index (χ3v) is 3.47. The first kappa shape index (κ1) is 16.7. The Morgan fingerprint density at radius 2 is 1.70 bits per heavy atom. The number of rotatable bonds is 5. The van der Waals surface area contributed by atoms with Crippen LogP contribution in [0.4, 0.5) is 5.69 Å². The minimum absolute atomic E-state index is 0.188. The van der Waals surface area contributed by atoms with Gasteiger partial charge in [-0.15, -0.1) is 0 Å². The number of amides is 1. The molecule has 0 aliphatic carbocycles. The summed E-state index contributed by atoms with van der Waals surface area (Å²) in [4.78, 5) is 23.6. The van der Waals surface area contributed by atoms with Crippen LogP contribution in [0.3, 0.4) is 0 Å². The van der Waals surface area contributed by atoms with Crippen LogP contribution in [0.2, 0.25) is 0 Å². The van der Waals surface area contributed by atoms with Crippen molar-refractivity contribution in [2.75, 3.05) is 5.32 Å². The van der Waals surface area contributed by atoms with Gasteiger partial charge in [0.25, 0.3) is 5.91 Å². The van der Waals surface area contributed by atoms with Gasteiger partial charge in [-0.25, -0.2) is 0 Å². The average molecular weight is 311 g/mol. The lowest BCUT2D eigenvalue weighted by Crippen LogP contribution is -2.13. The first-order valence-electron chi connectivity index (χ1n) is 7.72. The Morgan fingerprint density at radius 3 is 2.30 bits per heavy atom. The summed E-state index contributed by atoms with van der Waals surface area (Å²) in [5, 5.41) is 2.93. The second-order valence-electron chi connectivity index (χ2n) is 5.55. The van der Waals surface area contributed by atoms with Crippen LogP contribution in [0.25, 0.3) is 0 Å². The number of ether oxygens (including phenoxy) is 1. The summed E-state index contributed by atoms with van der Waals surface area (Å²) in [6.07, 6.45) is 0.314. The van der Waals surface area contributed by atoms with E-state index in [2.05, 4.69) is 19.2 Å². The van der Waals surface area contributed by atoms with Crippen molar-refractivity contribution in [2.45, 2.75) is 33.1 Å². The molecule has 0 heterocycles. The van der Waals surface area contributed by atoms with Gasteiger partial charge in [-0.1, -0.05) is 39.0 Å². The normalized spacial score (nSPS) is 10.4. The Hall–Kier alpha value is -2.62.